The second-order valence-corrected chi connectivity index (χ2v) is 23.6. The van der Waals surface area contributed by atoms with Crippen molar-refractivity contribution in [2.75, 3.05) is 30.9 Å². The molecule has 0 aliphatic carbocycles. The van der Waals surface area contributed by atoms with Crippen molar-refractivity contribution in [3.05, 3.63) is 109 Å². The second kappa shape index (κ2) is 30.5. The third kappa shape index (κ3) is 17.4. The van der Waals surface area contributed by atoms with E-state index in [4.69, 9.17) is 14.2 Å². The number of hydrogen-bond donors (Lipinski definition) is 10. The maximum absolute atomic E-state index is 14.1. The molecule has 3 unspecified atom stereocenters. The lowest BCUT2D eigenvalue weighted by atomic mass is 9.87. The number of aliphatic hydroxyl groups is 3. The van der Waals surface area contributed by atoms with Gasteiger partial charge in [-0.15, -0.1) is 6.58 Å². The number of nitrogens with one attached hydrogen (secondary N) is 7. The quantitative estimate of drug-likeness (QED) is 0.0152. The Morgan fingerprint density at radius 2 is 1.65 bits per heavy atom. The van der Waals surface area contributed by atoms with Crippen molar-refractivity contribution in [1.29, 1.82) is 0 Å². The van der Waals surface area contributed by atoms with Gasteiger partial charge in [0.1, 0.15) is 66.5 Å². The molecule has 2 aliphatic rings. The molecule has 4 aromatic rings. The SMILES string of the molecule is C=CCC(I)(C=CC)C1CC(=O)N(CCC(=O)N[C@@H](C(=C)C)C(=O)N[C@@H](C)C(=O)Nc2ccc(COC(=O)N[C@H](Cc3ccc(OC)cc3)C(=O)N[C@H]3[C@H](O)[C@@H](O)[C@H](Nc4ncnc5nc(C(C)CCCC(C)C)[nH]c45)O[C@H]3CO)cc2)C1=O. The molecular weight excluding hydrogens is 1200 g/mol. The number of H-pyrrole nitrogens is 1. The smallest absolute Gasteiger partial charge is 0.408 e. The number of likely N-dealkylation sites (tertiary alicyclic amines) is 1. The summed E-state index contributed by atoms with van der Waals surface area (Å²) in [7, 11) is 1.50. The molecule has 2 aromatic carbocycles. The van der Waals surface area contributed by atoms with E-state index in [0.29, 0.717) is 51.9 Å². The average Bonchev–Trinajstić information content (AvgIpc) is 2.69. The molecule has 11 atom stereocenters. The maximum Gasteiger partial charge on any atom is 0.408 e. The number of imide groups is 1. The Balaban J connectivity index is 1.01. The topological polar surface area (TPSA) is 338 Å². The van der Waals surface area contributed by atoms with Crippen LogP contribution in [0.5, 0.6) is 5.75 Å². The van der Waals surface area contributed by atoms with E-state index in [9.17, 15) is 48.9 Å². The van der Waals surface area contributed by atoms with Gasteiger partial charge in [0.05, 0.1) is 29.1 Å². The first-order valence-corrected chi connectivity index (χ1v) is 29.0. The fraction of sp³-hybridized carbons (Fsp3) is 0.492. The number of amides is 7. The van der Waals surface area contributed by atoms with E-state index in [2.05, 4.69) is 108 Å². The fourth-order valence-electron chi connectivity index (χ4n) is 9.79. The average molecular weight is 1280 g/mol. The zero-order valence-electron chi connectivity index (χ0n) is 48.4. The minimum Gasteiger partial charge on any atom is -0.497 e. The molecule has 0 saturated carbocycles. The molecule has 7 amide bonds. The number of alkyl halides is 1. The first kappa shape index (κ1) is 65.8. The van der Waals surface area contributed by atoms with Gasteiger partial charge in [0, 0.05) is 37.4 Å². The van der Waals surface area contributed by atoms with Crippen molar-refractivity contribution in [1.82, 2.24) is 46.1 Å². The molecule has 454 valence electrons. The summed E-state index contributed by atoms with van der Waals surface area (Å²) in [6.07, 6.45) is 2.93. The number of rotatable bonds is 29. The largest absolute Gasteiger partial charge is 0.497 e. The summed E-state index contributed by atoms with van der Waals surface area (Å²) < 4.78 is 16.2. The number of carbonyl (C=O) groups excluding carboxylic acids is 7. The highest BCUT2D eigenvalue weighted by molar-refractivity contribution is 14.1. The van der Waals surface area contributed by atoms with Crippen LogP contribution >= 0.6 is 22.6 Å². The fourth-order valence-corrected chi connectivity index (χ4v) is 10.9. The van der Waals surface area contributed by atoms with Crippen LogP contribution in [0.3, 0.4) is 0 Å². The summed E-state index contributed by atoms with van der Waals surface area (Å²) in [5.41, 5.74) is 2.54. The van der Waals surface area contributed by atoms with Gasteiger partial charge in [-0.05, 0) is 80.5 Å². The van der Waals surface area contributed by atoms with Gasteiger partial charge in [-0.1, -0.05) is 105 Å². The summed E-state index contributed by atoms with van der Waals surface area (Å²) in [5, 5.41) is 49.5. The van der Waals surface area contributed by atoms with Crippen molar-refractivity contribution in [2.24, 2.45) is 11.8 Å². The molecule has 0 bridgehead atoms. The number of aromatic nitrogens is 4. The number of alkyl carbamates (subject to hydrolysis) is 1. The predicted octanol–water partition coefficient (Wildman–Crippen LogP) is 4.76. The summed E-state index contributed by atoms with van der Waals surface area (Å²) in [6, 6.07) is 7.99. The van der Waals surface area contributed by atoms with Crippen molar-refractivity contribution in [3.8, 4) is 5.75 Å². The molecule has 2 aliphatic heterocycles. The van der Waals surface area contributed by atoms with Gasteiger partial charge in [0.25, 0.3) is 0 Å². The summed E-state index contributed by atoms with van der Waals surface area (Å²) in [4.78, 5) is 111. The van der Waals surface area contributed by atoms with E-state index in [1.807, 2.05) is 19.1 Å². The number of aromatic amines is 1. The summed E-state index contributed by atoms with van der Waals surface area (Å²) >= 11 is 2.16. The molecule has 6 rings (SSSR count). The van der Waals surface area contributed by atoms with Gasteiger partial charge < -0.3 is 66.4 Å². The minimum absolute atomic E-state index is 0.00834. The highest BCUT2D eigenvalue weighted by atomic mass is 127. The van der Waals surface area contributed by atoms with Crippen LogP contribution in [0, 0.1) is 11.8 Å². The van der Waals surface area contributed by atoms with Crippen LogP contribution in [0.15, 0.2) is 91.8 Å². The van der Waals surface area contributed by atoms with Crippen molar-refractivity contribution < 1.29 is 63.1 Å². The van der Waals surface area contributed by atoms with Gasteiger partial charge in [-0.3, -0.25) is 33.7 Å². The Morgan fingerprint density at radius 1 is 0.952 bits per heavy atom. The third-order valence-corrected chi connectivity index (χ3v) is 16.2. The maximum atomic E-state index is 14.1. The van der Waals surface area contributed by atoms with Crippen molar-refractivity contribution in [3.63, 3.8) is 0 Å². The van der Waals surface area contributed by atoms with Crippen molar-refractivity contribution in [2.45, 2.75) is 151 Å². The Morgan fingerprint density at radius 3 is 2.30 bits per heavy atom. The molecule has 24 nitrogen and oxygen atoms in total. The van der Waals surface area contributed by atoms with E-state index in [1.165, 1.54) is 27.3 Å². The highest BCUT2D eigenvalue weighted by Gasteiger charge is 2.49. The Labute approximate surface area is 502 Å². The summed E-state index contributed by atoms with van der Waals surface area (Å²) in [5.74, 6) is -1.97. The lowest BCUT2D eigenvalue weighted by Gasteiger charge is -2.43. The number of anilines is 2. The number of nitrogens with zero attached hydrogens (tertiary/aromatic N) is 4. The number of hydrogen-bond acceptors (Lipinski definition) is 17. The predicted molar refractivity (Wildman–Crippen MR) is 321 cm³/mol. The number of ether oxygens (including phenoxy) is 3. The minimum atomic E-state index is -1.69. The van der Waals surface area contributed by atoms with Crippen LogP contribution < -0.4 is 36.6 Å². The number of fused-ring (bicyclic) bond motifs is 1. The third-order valence-electron chi connectivity index (χ3n) is 14.6. The van der Waals surface area contributed by atoms with E-state index in [0.717, 1.165) is 24.2 Å². The molecule has 2 aromatic heterocycles. The van der Waals surface area contributed by atoms with Crippen LogP contribution in [0.1, 0.15) is 103 Å². The Hall–Kier alpha value is -7.33. The van der Waals surface area contributed by atoms with Gasteiger partial charge in [0.2, 0.25) is 35.4 Å². The van der Waals surface area contributed by atoms with Gasteiger partial charge in [-0.2, -0.15) is 0 Å². The van der Waals surface area contributed by atoms with E-state index < -0.39 is 100 Å². The number of carbonyl (C=O) groups is 7. The van der Waals surface area contributed by atoms with Crippen LogP contribution in [-0.4, -0.2) is 154 Å². The van der Waals surface area contributed by atoms with E-state index in [1.54, 1.807) is 54.6 Å². The zero-order chi connectivity index (χ0) is 61.4. The molecule has 2 fully saturated rings. The van der Waals surface area contributed by atoms with Crippen LogP contribution in [0.25, 0.3) is 11.2 Å². The lowest BCUT2D eigenvalue weighted by Crippen LogP contribution is -2.67. The number of methoxy groups -OCH3 is 1. The Bertz CT molecular complexity index is 3010. The normalized spacial score (nSPS) is 21.0. The standard InChI is InChI=1S/C59H78IN11O13/c1-10-24-59(60,25-11-2)40-28-44(74)71(57(40)80)26-23-43(73)66-45(33(5)6)55(79)63-35(8)53(77)64-38-19-15-37(16-20-38)30-83-58(81)65-41(27-36-17-21-39(82-9)22-18-36)54(78)68-46-42(29-72)84-56(49(76)48(46)75)70-52-47-51(61-31-62-52)69-50(67-47)34(7)14-12-13-32(3)4/h10-11,15-22,25,31-32,34-35,40-42,45-46,48-49,56,72,75-76H,1,5,12-14,23-24,26-30H2,2-4,6-9H3,(H,63,79)(H,64,77)(H,65,81)(H,66,73)(H,68,78)(H2,61,62,67,69,70)/t34?,35-,40?,41+,42-,45-,46+,48-,49+,56+,59?/m0/s1. The first-order chi connectivity index (χ1) is 40.0. The molecule has 0 radical (unpaired) electrons. The number of imidazole rings is 1. The molecule has 10 N–H and O–H groups in total. The van der Waals surface area contributed by atoms with Gasteiger partial charge in [0.15, 0.2) is 17.7 Å². The van der Waals surface area contributed by atoms with E-state index >= 15 is 0 Å². The van der Waals surface area contributed by atoms with Crippen LogP contribution in [0.2, 0.25) is 0 Å². The number of halogens is 1. The monoisotopic (exact) mass is 1280 g/mol. The highest BCUT2D eigenvalue weighted by Crippen LogP contribution is 2.41. The lowest BCUT2D eigenvalue weighted by molar-refractivity contribution is -0.185. The molecular formula is C59H78IN11O13. The number of allylic oxidation sites excluding steroid dienone is 3. The zero-order valence-corrected chi connectivity index (χ0v) is 50.5. The summed E-state index contributed by atoms with van der Waals surface area (Å²) in [6.45, 7) is 17.7. The number of aliphatic hydroxyl groups excluding tert-OH is 3. The molecule has 4 heterocycles. The molecule has 25 heteroatoms. The molecule has 84 heavy (non-hydrogen) atoms. The molecule has 0 spiro atoms. The van der Waals surface area contributed by atoms with Crippen LogP contribution in [-0.2, 0) is 51.3 Å². The van der Waals surface area contributed by atoms with Gasteiger partial charge >= 0.3 is 6.09 Å². The Kier molecular flexibility index (Phi) is 23.9. The van der Waals surface area contributed by atoms with Crippen molar-refractivity contribution >= 4 is 86.8 Å². The molecule has 2 saturated heterocycles. The second-order valence-electron chi connectivity index (χ2n) is 21.6. The first-order valence-electron chi connectivity index (χ1n) is 27.9. The number of benzene rings is 2. The van der Waals surface area contributed by atoms with Gasteiger partial charge in [-0.25, -0.2) is 19.7 Å². The van der Waals surface area contributed by atoms with Crippen LogP contribution in [0.4, 0.5) is 16.3 Å². The van der Waals surface area contributed by atoms with E-state index in [-0.39, 0.29) is 55.6 Å².